The molecule has 0 aromatic heterocycles. The largest absolute Gasteiger partial charge is 0.459 e. The van der Waals surface area contributed by atoms with Crippen LogP contribution in [0, 0.1) is 0 Å². The van der Waals surface area contributed by atoms with E-state index in [0.717, 1.165) is 25.8 Å². The van der Waals surface area contributed by atoms with Crippen molar-refractivity contribution in [1.82, 2.24) is 5.01 Å². The maximum absolute atomic E-state index is 11.7. The van der Waals surface area contributed by atoms with Crippen molar-refractivity contribution in [2.24, 2.45) is 5.84 Å². The Labute approximate surface area is 85.4 Å². The molecule has 82 valence electrons. The molecule has 0 aromatic carbocycles. The zero-order chi connectivity index (χ0) is 10.8. The van der Waals surface area contributed by atoms with Crippen molar-refractivity contribution in [3.63, 3.8) is 0 Å². The summed E-state index contributed by atoms with van der Waals surface area (Å²) < 4.78 is 5.29. The van der Waals surface area contributed by atoms with Gasteiger partial charge in [-0.25, -0.2) is 5.01 Å². The number of piperidine rings is 1. The second-order valence-corrected chi connectivity index (χ2v) is 4.78. The van der Waals surface area contributed by atoms with E-state index in [9.17, 15) is 4.79 Å². The summed E-state index contributed by atoms with van der Waals surface area (Å²) in [4.78, 5) is 11.7. The molecule has 0 unspecified atom stereocenters. The summed E-state index contributed by atoms with van der Waals surface area (Å²) in [6.07, 6.45) is 2.93. The molecule has 0 amide bonds. The number of hydrazine groups is 1. The fourth-order valence-corrected chi connectivity index (χ4v) is 1.58. The van der Waals surface area contributed by atoms with Crippen LogP contribution in [0.3, 0.4) is 0 Å². The van der Waals surface area contributed by atoms with E-state index in [-0.39, 0.29) is 12.0 Å². The Bertz CT molecular complexity index is 211. The third kappa shape index (κ3) is 3.27. The van der Waals surface area contributed by atoms with Gasteiger partial charge in [0, 0.05) is 6.54 Å². The molecule has 1 aliphatic heterocycles. The second-order valence-electron chi connectivity index (χ2n) is 4.78. The summed E-state index contributed by atoms with van der Waals surface area (Å²) >= 11 is 0. The summed E-state index contributed by atoms with van der Waals surface area (Å²) in [7, 11) is 0. The Hall–Kier alpha value is -0.610. The van der Waals surface area contributed by atoms with Gasteiger partial charge >= 0.3 is 5.97 Å². The van der Waals surface area contributed by atoms with Gasteiger partial charge in [-0.3, -0.25) is 10.6 Å². The molecule has 1 rings (SSSR count). The van der Waals surface area contributed by atoms with E-state index in [2.05, 4.69) is 0 Å². The van der Waals surface area contributed by atoms with E-state index >= 15 is 0 Å². The van der Waals surface area contributed by atoms with Gasteiger partial charge in [0.1, 0.15) is 11.6 Å². The normalized spacial score (nSPS) is 24.7. The molecule has 0 bridgehead atoms. The van der Waals surface area contributed by atoms with Gasteiger partial charge in [-0.05, 0) is 40.0 Å². The van der Waals surface area contributed by atoms with Crippen LogP contribution >= 0.6 is 0 Å². The molecular formula is C10H20N2O2. The van der Waals surface area contributed by atoms with E-state index < -0.39 is 5.60 Å². The molecule has 14 heavy (non-hydrogen) atoms. The zero-order valence-corrected chi connectivity index (χ0v) is 9.25. The predicted molar refractivity (Wildman–Crippen MR) is 54.4 cm³/mol. The Morgan fingerprint density at radius 1 is 1.43 bits per heavy atom. The molecule has 1 fully saturated rings. The number of carbonyl (C=O) groups excluding carboxylic acids is 1. The quantitative estimate of drug-likeness (QED) is 0.508. The lowest BCUT2D eigenvalue weighted by Gasteiger charge is -2.32. The predicted octanol–water partition coefficient (Wildman–Crippen LogP) is 1.06. The van der Waals surface area contributed by atoms with E-state index in [1.165, 1.54) is 0 Å². The highest BCUT2D eigenvalue weighted by Crippen LogP contribution is 2.17. The third-order valence-electron chi connectivity index (χ3n) is 2.22. The molecule has 1 atom stereocenters. The van der Waals surface area contributed by atoms with Crippen LogP contribution in [0.4, 0.5) is 0 Å². The number of ether oxygens (including phenoxy) is 1. The van der Waals surface area contributed by atoms with Crippen LogP contribution < -0.4 is 5.84 Å². The summed E-state index contributed by atoms with van der Waals surface area (Å²) in [5.74, 6) is 5.54. The lowest BCUT2D eigenvalue weighted by Crippen LogP contribution is -2.50. The number of hydrogen-bond donors (Lipinski definition) is 1. The van der Waals surface area contributed by atoms with Gasteiger partial charge < -0.3 is 4.74 Å². The highest BCUT2D eigenvalue weighted by atomic mass is 16.6. The number of esters is 1. The second kappa shape index (κ2) is 4.28. The average molecular weight is 200 g/mol. The van der Waals surface area contributed by atoms with E-state index in [0.29, 0.717) is 0 Å². The molecule has 0 saturated carbocycles. The van der Waals surface area contributed by atoms with Gasteiger partial charge in [0.15, 0.2) is 0 Å². The molecule has 1 aliphatic rings. The highest BCUT2D eigenvalue weighted by molar-refractivity contribution is 5.76. The lowest BCUT2D eigenvalue weighted by molar-refractivity contribution is -0.162. The van der Waals surface area contributed by atoms with Crippen molar-refractivity contribution < 1.29 is 9.53 Å². The first-order valence-corrected chi connectivity index (χ1v) is 5.14. The van der Waals surface area contributed by atoms with Gasteiger partial charge in [0.2, 0.25) is 0 Å². The number of nitrogens with zero attached hydrogens (tertiary/aromatic N) is 1. The van der Waals surface area contributed by atoms with Gasteiger partial charge in [-0.15, -0.1) is 0 Å². The summed E-state index contributed by atoms with van der Waals surface area (Å²) in [5.41, 5.74) is -0.421. The van der Waals surface area contributed by atoms with Crippen LogP contribution in [0.2, 0.25) is 0 Å². The highest BCUT2D eigenvalue weighted by Gasteiger charge is 2.30. The third-order valence-corrected chi connectivity index (χ3v) is 2.22. The fraction of sp³-hybridized carbons (Fsp3) is 0.900. The maximum atomic E-state index is 11.7. The van der Waals surface area contributed by atoms with Crippen molar-refractivity contribution in [2.75, 3.05) is 6.54 Å². The molecule has 0 radical (unpaired) electrons. The number of carbonyl (C=O) groups is 1. The van der Waals surface area contributed by atoms with E-state index in [4.69, 9.17) is 10.6 Å². The Morgan fingerprint density at radius 2 is 2.07 bits per heavy atom. The van der Waals surface area contributed by atoms with Crippen molar-refractivity contribution >= 4 is 5.97 Å². The Kier molecular flexibility index (Phi) is 3.50. The Morgan fingerprint density at radius 3 is 2.57 bits per heavy atom. The van der Waals surface area contributed by atoms with Crippen molar-refractivity contribution in [1.29, 1.82) is 0 Å². The van der Waals surface area contributed by atoms with Gasteiger partial charge in [0.25, 0.3) is 0 Å². The van der Waals surface area contributed by atoms with Crippen LogP contribution in [-0.4, -0.2) is 29.2 Å². The number of nitrogens with two attached hydrogens (primary N) is 1. The molecule has 2 N–H and O–H groups in total. The standard InChI is InChI=1S/C10H20N2O2/c1-10(2,3)14-9(13)8-6-4-5-7-12(8)11/h8H,4-7,11H2,1-3H3/t8-/m1/s1. The van der Waals surface area contributed by atoms with Crippen LogP contribution in [0.15, 0.2) is 0 Å². The van der Waals surface area contributed by atoms with Gasteiger partial charge in [-0.2, -0.15) is 0 Å². The molecule has 1 heterocycles. The SMILES string of the molecule is CC(C)(C)OC(=O)[C@H]1CCCCN1N. The molecule has 0 aliphatic carbocycles. The van der Waals surface area contributed by atoms with Gasteiger partial charge in [-0.1, -0.05) is 0 Å². The summed E-state index contributed by atoms with van der Waals surface area (Å²) in [5, 5.41) is 1.59. The average Bonchev–Trinajstić information content (AvgIpc) is 2.01. The summed E-state index contributed by atoms with van der Waals surface area (Å²) in [6, 6.07) is -0.247. The van der Waals surface area contributed by atoms with Crippen molar-refractivity contribution in [3.05, 3.63) is 0 Å². The molecule has 0 spiro atoms. The van der Waals surface area contributed by atoms with Crippen molar-refractivity contribution in [3.8, 4) is 0 Å². The monoisotopic (exact) mass is 200 g/mol. The van der Waals surface area contributed by atoms with E-state index in [1.807, 2.05) is 20.8 Å². The minimum Gasteiger partial charge on any atom is -0.459 e. The van der Waals surface area contributed by atoms with Crippen LogP contribution in [0.25, 0.3) is 0 Å². The van der Waals surface area contributed by atoms with Crippen LogP contribution in [-0.2, 0) is 9.53 Å². The van der Waals surface area contributed by atoms with Crippen LogP contribution in [0.5, 0.6) is 0 Å². The minimum atomic E-state index is -0.421. The topological polar surface area (TPSA) is 55.6 Å². The smallest absolute Gasteiger partial charge is 0.325 e. The molecule has 0 aromatic rings. The first-order chi connectivity index (χ1) is 6.40. The summed E-state index contributed by atoms with van der Waals surface area (Å²) in [6.45, 7) is 6.39. The Balaban J connectivity index is 2.50. The fourth-order valence-electron chi connectivity index (χ4n) is 1.58. The van der Waals surface area contributed by atoms with E-state index in [1.54, 1.807) is 5.01 Å². The van der Waals surface area contributed by atoms with Crippen molar-refractivity contribution in [2.45, 2.75) is 51.7 Å². The maximum Gasteiger partial charge on any atom is 0.325 e. The number of hydrogen-bond acceptors (Lipinski definition) is 4. The minimum absolute atomic E-state index is 0.195. The first kappa shape index (κ1) is 11.5. The molecule has 1 saturated heterocycles. The molecule has 4 heteroatoms. The number of rotatable bonds is 1. The van der Waals surface area contributed by atoms with Crippen LogP contribution in [0.1, 0.15) is 40.0 Å². The first-order valence-electron chi connectivity index (χ1n) is 5.14. The molecular weight excluding hydrogens is 180 g/mol. The van der Waals surface area contributed by atoms with Gasteiger partial charge in [0.05, 0.1) is 0 Å². The lowest BCUT2D eigenvalue weighted by atomic mass is 10.0. The molecule has 4 nitrogen and oxygen atoms in total. The zero-order valence-electron chi connectivity index (χ0n) is 9.25.